The van der Waals surface area contributed by atoms with Crippen LogP contribution in [-0.4, -0.2) is 34.9 Å². The van der Waals surface area contributed by atoms with E-state index in [0.29, 0.717) is 6.04 Å². The number of halogens is 1. The number of aliphatic imine (C=N–C) groups is 1. The zero-order valence-electron chi connectivity index (χ0n) is 15.4. The molecule has 1 aromatic heterocycles. The highest BCUT2D eigenvalue weighted by Crippen LogP contribution is 2.04. The lowest BCUT2D eigenvalue weighted by Gasteiger charge is -2.17. The molecule has 0 saturated carbocycles. The number of nitrogens with one attached hydrogen (secondary N) is 2. The van der Waals surface area contributed by atoms with Crippen molar-refractivity contribution in [1.29, 1.82) is 0 Å². The largest absolute Gasteiger partial charge is 0.357 e. The Hall–Kier alpha value is -1.57. The fraction of sp³-hybridized carbons (Fsp3) is 0.474. The Morgan fingerprint density at radius 1 is 1.20 bits per heavy atom. The van der Waals surface area contributed by atoms with Gasteiger partial charge in [-0.3, -0.25) is 9.67 Å². The van der Waals surface area contributed by atoms with Gasteiger partial charge in [-0.2, -0.15) is 5.10 Å². The first-order chi connectivity index (χ1) is 11.7. The van der Waals surface area contributed by atoms with Gasteiger partial charge in [0.05, 0.1) is 6.20 Å². The smallest absolute Gasteiger partial charge is 0.191 e. The molecule has 0 aliphatic rings. The summed E-state index contributed by atoms with van der Waals surface area (Å²) in [5.41, 5.74) is 2.60. The van der Waals surface area contributed by atoms with Gasteiger partial charge in [0, 0.05) is 32.4 Å². The van der Waals surface area contributed by atoms with E-state index in [1.807, 2.05) is 24.1 Å². The average Bonchev–Trinajstić information content (AvgIpc) is 2.99. The van der Waals surface area contributed by atoms with Gasteiger partial charge in [-0.15, -0.1) is 24.0 Å². The first-order valence-electron chi connectivity index (χ1n) is 8.73. The summed E-state index contributed by atoms with van der Waals surface area (Å²) >= 11 is 0. The third kappa shape index (κ3) is 8.38. The molecule has 1 heterocycles. The first-order valence-corrected chi connectivity index (χ1v) is 8.73. The van der Waals surface area contributed by atoms with Gasteiger partial charge in [0.2, 0.25) is 0 Å². The van der Waals surface area contributed by atoms with Crippen LogP contribution in [0.1, 0.15) is 31.4 Å². The van der Waals surface area contributed by atoms with Gasteiger partial charge in [-0.1, -0.05) is 30.3 Å². The molecule has 0 aliphatic heterocycles. The molecule has 25 heavy (non-hydrogen) atoms. The van der Waals surface area contributed by atoms with Crippen molar-refractivity contribution in [1.82, 2.24) is 20.4 Å². The summed E-state index contributed by atoms with van der Waals surface area (Å²) in [7, 11) is 1.94. The van der Waals surface area contributed by atoms with Gasteiger partial charge in [0.15, 0.2) is 5.96 Å². The first kappa shape index (κ1) is 21.5. The molecule has 2 aromatic rings. The Kier molecular flexibility index (Phi) is 10.2. The fourth-order valence-corrected chi connectivity index (χ4v) is 2.55. The van der Waals surface area contributed by atoms with Crippen LogP contribution in [0.3, 0.4) is 0 Å². The highest BCUT2D eigenvalue weighted by atomic mass is 127. The van der Waals surface area contributed by atoms with Crippen LogP contribution in [-0.2, 0) is 19.9 Å². The Morgan fingerprint density at radius 2 is 1.96 bits per heavy atom. The molecule has 1 atom stereocenters. The zero-order chi connectivity index (χ0) is 17.2. The Bertz CT molecular complexity index is 624. The second-order valence-electron chi connectivity index (χ2n) is 6.10. The molecule has 0 saturated heterocycles. The molecular weight excluding hydrogens is 425 g/mol. The lowest BCUT2D eigenvalue weighted by atomic mass is 10.1. The number of rotatable bonds is 8. The van der Waals surface area contributed by atoms with Crippen LogP contribution in [0.4, 0.5) is 0 Å². The van der Waals surface area contributed by atoms with E-state index in [4.69, 9.17) is 0 Å². The van der Waals surface area contributed by atoms with Crippen LogP contribution in [0, 0.1) is 0 Å². The van der Waals surface area contributed by atoms with Crippen LogP contribution in [0.5, 0.6) is 0 Å². The Labute approximate surface area is 168 Å². The van der Waals surface area contributed by atoms with Crippen molar-refractivity contribution >= 4 is 29.9 Å². The quantitative estimate of drug-likeness (QED) is 0.365. The SMILES string of the molecule is CCNC(=NCCc1cnn(C)c1)NC(C)CCc1ccccc1.I. The summed E-state index contributed by atoms with van der Waals surface area (Å²) in [5, 5.41) is 11.0. The number of hydrogen-bond acceptors (Lipinski definition) is 2. The third-order valence-electron chi connectivity index (χ3n) is 3.86. The summed E-state index contributed by atoms with van der Waals surface area (Å²) in [6.45, 7) is 5.92. The van der Waals surface area contributed by atoms with Crippen molar-refractivity contribution in [2.24, 2.45) is 12.0 Å². The minimum absolute atomic E-state index is 0. The van der Waals surface area contributed by atoms with Gasteiger partial charge in [-0.05, 0) is 44.2 Å². The van der Waals surface area contributed by atoms with Gasteiger partial charge in [-0.25, -0.2) is 0 Å². The fourth-order valence-electron chi connectivity index (χ4n) is 2.55. The van der Waals surface area contributed by atoms with Crippen LogP contribution >= 0.6 is 24.0 Å². The van der Waals surface area contributed by atoms with E-state index in [9.17, 15) is 0 Å². The number of nitrogens with zero attached hydrogens (tertiary/aromatic N) is 3. The Morgan fingerprint density at radius 3 is 2.60 bits per heavy atom. The molecule has 0 spiro atoms. The lowest BCUT2D eigenvalue weighted by molar-refractivity contribution is 0.593. The van der Waals surface area contributed by atoms with Gasteiger partial charge in [0.25, 0.3) is 0 Å². The molecule has 0 bridgehead atoms. The van der Waals surface area contributed by atoms with E-state index in [1.165, 1.54) is 11.1 Å². The predicted octanol–water partition coefficient (Wildman–Crippen LogP) is 3.16. The number of aryl methyl sites for hydroxylation is 2. The molecule has 138 valence electrons. The highest BCUT2D eigenvalue weighted by Gasteiger charge is 2.05. The molecule has 1 aromatic carbocycles. The molecule has 2 rings (SSSR count). The van der Waals surface area contributed by atoms with Crippen LogP contribution < -0.4 is 10.6 Å². The third-order valence-corrected chi connectivity index (χ3v) is 3.86. The molecular formula is C19H30IN5. The number of aromatic nitrogens is 2. The van der Waals surface area contributed by atoms with Crippen molar-refractivity contribution in [2.45, 2.75) is 39.2 Å². The number of hydrogen-bond donors (Lipinski definition) is 2. The molecule has 5 nitrogen and oxygen atoms in total. The van der Waals surface area contributed by atoms with E-state index in [-0.39, 0.29) is 24.0 Å². The average molecular weight is 455 g/mol. The van der Waals surface area contributed by atoms with Crippen LogP contribution in [0.2, 0.25) is 0 Å². The van der Waals surface area contributed by atoms with E-state index >= 15 is 0 Å². The Balaban J connectivity index is 0.00000312. The topological polar surface area (TPSA) is 54.2 Å². The monoisotopic (exact) mass is 455 g/mol. The molecule has 0 amide bonds. The minimum atomic E-state index is 0. The molecule has 6 heteroatoms. The highest BCUT2D eigenvalue weighted by molar-refractivity contribution is 14.0. The second-order valence-corrected chi connectivity index (χ2v) is 6.10. The van der Waals surface area contributed by atoms with E-state index in [0.717, 1.165) is 38.3 Å². The zero-order valence-corrected chi connectivity index (χ0v) is 17.7. The summed E-state index contributed by atoms with van der Waals surface area (Å²) < 4.78 is 1.83. The maximum Gasteiger partial charge on any atom is 0.191 e. The molecule has 0 radical (unpaired) electrons. The summed E-state index contributed by atoms with van der Waals surface area (Å²) in [4.78, 5) is 4.67. The second kappa shape index (κ2) is 11.9. The van der Waals surface area contributed by atoms with Gasteiger partial charge < -0.3 is 10.6 Å². The summed E-state index contributed by atoms with van der Waals surface area (Å²) in [6, 6.07) is 11.0. The van der Waals surface area contributed by atoms with Gasteiger partial charge >= 0.3 is 0 Å². The summed E-state index contributed by atoms with van der Waals surface area (Å²) in [5.74, 6) is 0.891. The van der Waals surface area contributed by atoms with E-state index < -0.39 is 0 Å². The van der Waals surface area contributed by atoms with Crippen molar-refractivity contribution in [3.8, 4) is 0 Å². The molecule has 2 N–H and O–H groups in total. The van der Waals surface area contributed by atoms with Gasteiger partial charge in [0.1, 0.15) is 0 Å². The minimum Gasteiger partial charge on any atom is -0.357 e. The van der Waals surface area contributed by atoms with Crippen molar-refractivity contribution in [2.75, 3.05) is 13.1 Å². The van der Waals surface area contributed by atoms with Crippen molar-refractivity contribution < 1.29 is 0 Å². The van der Waals surface area contributed by atoms with E-state index in [1.54, 1.807) is 0 Å². The van der Waals surface area contributed by atoms with Crippen molar-refractivity contribution in [3.63, 3.8) is 0 Å². The normalized spacial score (nSPS) is 12.4. The summed E-state index contributed by atoms with van der Waals surface area (Å²) in [6.07, 6.45) is 7.00. The lowest BCUT2D eigenvalue weighted by Crippen LogP contribution is -2.42. The molecule has 0 fully saturated rings. The predicted molar refractivity (Wildman–Crippen MR) is 116 cm³/mol. The van der Waals surface area contributed by atoms with Crippen LogP contribution in [0.25, 0.3) is 0 Å². The number of benzene rings is 1. The molecule has 0 aliphatic carbocycles. The maximum atomic E-state index is 4.67. The van der Waals surface area contributed by atoms with Crippen LogP contribution in [0.15, 0.2) is 47.7 Å². The van der Waals surface area contributed by atoms with Crippen molar-refractivity contribution in [3.05, 3.63) is 53.9 Å². The standard InChI is InChI=1S/C19H29N5.HI/c1-4-20-19(21-13-12-18-14-22-24(3)15-18)23-16(2)10-11-17-8-6-5-7-9-17;/h5-9,14-16H,4,10-13H2,1-3H3,(H2,20,21,23);1H. The number of guanidine groups is 1. The maximum absolute atomic E-state index is 4.67. The molecule has 1 unspecified atom stereocenters. The van der Waals surface area contributed by atoms with E-state index in [2.05, 4.69) is 64.9 Å².